The molecule has 3 N–H and O–H groups in total. The average molecular weight is 523 g/mol. The lowest BCUT2D eigenvalue weighted by Crippen LogP contribution is -2.10. The van der Waals surface area contributed by atoms with Crippen molar-refractivity contribution in [3.05, 3.63) is 121 Å². The minimum Gasteiger partial charge on any atom is -0.508 e. The second kappa shape index (κ2) is 12.0. The van der Waals surface area contributed by atoms with E-state index in [1.807, 2.05) is 36.4 Å². The maximum Gasteiger partial charge on any atom is 0.115 e. The van der Waals surface area contributed by atoms with Gasteiger partial charge in [0.05, 0.1) is 0 Å². The van der Waals surface area contributed by atoms with Gasteiger partial charge in [0.25, 0.3) is 0 Å². The highest BCUT2D eigenvalue weighted by atomic mass is 16.3. The number of rotatable bonds is 6. The number of aromatic hydroxyl groups is 3. The zero-order chi connectivity index (χ0) is 28.3. The molecule has 1 aliphatic rings. The normalized spacial score (nSPS) is 13.5. The third kappa shape index (κ3) is 7.03. The summed E-state index contributed by atoms with van der Waals surface area (Å²) >= 11 is 0. The third-order valence-corrected chi connectivity index (χ3v) is 8.44. The van der Waals surface area contributed by atoms with Crippen LogP contribution >= 0.6 is 0 Å². The Kier molecular flexibility index (Phi) is 8.70. The second-order valence-corrected chi connectivity index (χ2v) is 11.5. The fourth-order valence-corrected chi connectivity index (χ4v) is 5.73. The molecule has 0 aliphatic heterocycles. The van der Waals surface area contributed by atoms with Gasteiger partial charge in [-0.15, -0.1) is 0 Å². The van der Waals surface area contributed by atoms with Crippen LogP contribution in [0.2, 0.25) is 0 Å². The Hall–Kier alpha value is -3.72. The number of aryl methyl sites for hydroxylation is 3. The molecule has 3 heteroatoms. The standard InChI is InChI=1S/C36H42O3/c1-22(13-28-7-10-34(37)16-25(28)4)31-19-32(23(2)14-29-8-11-35(38)17-26(29)5)21-33(20-31)24(3)15-30-9-12-36(39)18-27(30)6/h7-12,16-18,37-39H,13-15,19-21H2,1-6H3. The molecule has 4 rings (SSSR count). The van der Waals surface area contributed by atoms with E-state index in [1.54, 1.807) is 18.2 Å². The van der Waals surface area contributed by atoms with Gasteiger partial charge < -0.3 is 15.3 Å². The summed E-state index contributed by atoms with van der Waals surface area (Å²) in [5.74, 6) is 0.944. The van der Waals surface area contributed by atoms with Gasteiger partial charge in [-0.1, -0.05) is 51.6 Å². The number of hydrogen-bond acceptors (Lipinski definition) is 3. The van der Waals surface area contributed by atoms with E-state index in [9.17, 15) is 15.3 Å². The van der Waals surface area contributed by atoms with Gasteiger partial charge in [0, 0.05) is 0 Å². The van der Waals surface area contributed by atoms with Gasteiger partial charge >= 0.3 is 0 Å². The smallest absolute Gasteiger partial charge is 0.115 e. The van der Waals surface area contributed by atoms with Crippen molar-refractivity contribution in [1.82, 2.24) is 0 Å². The van der Waals surface area contributed by atoms with Crippen molar-refractivity contribution in [2.75, 3.05) is 0 Å². The van der Waals surface area contributed by atoms with Gasteiger partial charge in [-0.2, -0.15) is 0 Å². The van der Waals surface area contributed by atoms with Gasteiger partial charge in [0.15, 0.2) is 0 Å². The van der Waals surface area contributed by atoms with Crippen LogP contribution in [-0.2, 0) is 19.3 Å². The van der Waals surface area contributed by atoms with Crippen LogP contribution < -0.4 is 0 Å². The quantitative estimate of drug-likeness (QED) is 0.283. The summed E-state index contributed by atoms with van der Waals surface area (Å²) in [6.07, 6.45) is 5.61. The number of allylic oxidation sites excluding steroid dienone is 6. The van der Waals surface area contributed by atoms with Crippen molar-refractivity contribution >= 4 is 0 Å². The minimum atomic E-state index is 0.315. The van der Waals surface area contributed by atoms with Gasteiger partial charge in [0.2, 0.25) is 0 Å². The minimum absolute atomic E-state index is 0.315. The molecular weight excluding hydrogens is 480 g/mol. The SMILES string of the molecule is CC(Cc1ccc(O)cc1C)=C1CC(=C(C)Cc2ccc(O)cc2C)CC(=C(C)Cc2ccc(O)cc2C)C1. The topological polar surface area (TPSA) is 60.7 Å². The molecule has 0 saturated heterocycles. The molecule has 1 aliphatic carbocycles. The van der Waals surface area contributed by atoms with Crippen molar-refractivity contribution in [1.29, 1.82) is 0 Å². The fraction of sp³-hybridized carbons (Fsp3) is 0.333. The lowest BCUT2D eigenvalue weighted by molar-refractivity contribution is 0.474. The van der Waals surface area contributed by atoms with Gasteiger partial charge in [-0.3, -0.25) is 0 Å². The molecule has 0 unspecified atom stereocenters. The Morgan fingerprint density at radius 1 is 0.487 bits per heavy atom. The largest absolute Gasteiger partial charge is 0.508 e. The van der Waals surface area contributed by atoms with Crippen molar-refractivity contribution in [2.45, 2.75) is 80.1 Å². The monoisotopic (exact) mass is 522 g/mol. The van der Waals surface area contributed by atoms with Crippen molar-refractivity contribution in [2.24, 2.45) is 0 Å². The lowest BCUT2D eigenvalue weighted by atomic mass is 9.78. The van der Waals surface area contributed by atoms with Crippen LogP contribution in [0, 0.1) is 20.8 Å². The number of phenols is 3. The average Bonchev–Trinajstić information content (AvgIpc) is 2.88. The summed E-state index contributed by atoms with van der Waals surface area (Å²) in [7, 11) is 0. The van der Waals surface area contributed by atoms with Gasteiger partial charge in [-0.25, -0.2) is 0 Å². The lowest BCUT2D eigenvalue weighted by Gasteiger charge is -2.28. The molecule has 0 spiro atoms. The molecule has 3 nitrogen and oxygen atoms in total. The summed E-state index contributed by atoms with van der Waals surface area (Å²) in [6, 6.07) is 17.0. The van der Waals surface area contributed by atoms with E-state index in [-0.39, 0.29) is 0 Å². The summed E-state index contributed by atoms with van der Waals surface area (Å²) in [5.41, 5.74) is 15.8. The molecule has 0 radical (unpaired) electrons. The van der Waals surface area contributed by atoms with Crippen LogP contribution in [0.5, 0.6) is 17.2 Å². The maximum atomic E-state index is 9.87. The Balaban J connectivity index is 1.71. The Morgan fingerprint density at radius 3 is 0.974 bits per heavy atom. The first-order valence-corrected chi connectivity index (χ1v) is 13.9. The van der Waals surface area contributed by atoms with E-state index in [1.165, 1.54) is 50.1 Å². The summed E-state index contributed by atoms with van der Waals surface area (Å²) in [5, 5.41) is 29.6. The van der Waals surface area contributed by atoms with E-state index in [4.69, 9.17) is 0 Å². The van der Waals surface area contributed by atoms with E-state index in [2.05, 4.69) is 41.5 Å². The molecular formula is C36H42O3. The van der Waals surface area contributed by atoms with Crippen LogP contribution in [0.15, 0.2) is 88.0 Å². The molecule has 0 bridgehead atoms. The Bertz CT molecular complexity index is 1290. The van der Waals surface area contributed by atoms with Crippen LogP contribution in [0.1, 0.15) is 73.4 Å². The molecule has 1 fully saturated rings. The van der Waals surface area contributed by atoms with Crippen LogP contribution in [0.25, 0.3) is 0 Å². The molecule has 0 amide bonds. The number of benzene rings is 3. The zero-order valence-corrected chi connectivity index (χ0v) is 24.3. The van der Waals surface area contributed by atoms with Crippen LogP contribution in [-0.4, -0.2) is 15.3 Å². The van der Waals surface area contributed by atoms with E-state index in [0.29, 0.717) is 17.2 Å². The third-order valence-electron chi connectivity index (χ3n) is 8.44. The fourth-order valence-electron chi connectivity index (χ4n) is 5.73. The molecule has 0 aromatic heterocycles. The number of hydrogen-bond donors (Lipinski definition) is 3. The first-order chi connectivity index (χ1) is 18.5. The molecule has 39 heavy (non-hydrogen) atoms. The zero-order valence-electron chi connectivity index (χ0n) is 24.3. The summed E-state index contributed by atoms with van der Waals surface area (Å²) in [4.78, 5) is 0. The Morgan fingerprint density at radius 2 is 0.744 bits per heavy atom. The van der Waals surface area contributed by atoms with Crippen molar-refractivity contribution in [3.63, 3.8) is 0 Å². The van der Waals surface area contributed by atoms with Gasteiger partial charge in [-0.05, 0) is 150 Å². The molecule has 0 heterocycles. The molecule has 0 atom stereocenters. The van der Waals surface area contributed by atoms with Crippen LogP contribution in [0.3, 0.4) is 0 Å². The highest BCUT2D eigenvalue weighted by molar-refractivity contribution is 5.45. The first kappa shape index (κ1) is 28.3. The predicted molar refractivity (Wildman–Crippen MR) is 162 cm³/mol. The molecule has 3 aromatic carbocycles. The van der Waals surface area contributed by atoms with Crippen molar-refractivity contribution < 1.29 is 15.3 Å². The predicted octanol–water partition coefficient (Wildman–Crippen LogP) is 8.89. The Labute approximate surface area is 233 Å². The van der Waals surface area contributed by atoms with E-state index >= 15 is 0 Å². The summed E-state index contributed by atoms with van der Waals surface area (Å²) in [6.45, 7) is 13.0. The van der Waals surface area contributed by atoms with E-state index < -0.39 is 0 Å². The maximum absolute atomic E-state index is 9.87. The molecule has 1 saturated carbocycles. The van der Waals surface area contributed by atoms with Crippen LogP contribution in [0.4, 0.5) is 0 Å². The van der Waals surface area contributed by atoms with E-state index in [0.717, 1.165) is 55.2 Å². The summed E-state index contributed by atoms with van der Waals surface area (Å²) < 4.78 is 0. The molecule has 204 valence electrons. The number of phenolic OH excluding ortho intramolecular Hbond substituents is 3. The highest BCUT2D eigenvalue weighted by Crippen LogP contribution is 2.39. The van der Waals surface area contributed by atoms with Gasteiger partial charge in [0.1, 0.15) is 17.2 Å². The van der Waals surface area contributed by atoms with Crippen molar-refractivity contribution in [3.8, 4) is 17.2 Å². The first-order valence-electron chi connectivity index (χ1n) is 13.9. The molecule has 3 aromatic rings. The highest BCUT2D eigenvalue weighted by Gasteiger charge is 2.21. The second-order valence-electron chi connectivity index (χ2n) is 11.5.